The molecule has 5 N–H and O–H groups in total. The molecule has 0 saturated heterocycles. The highest BCUT2D eigenvalue weighted by Gasteiger charge is 2.48. The van der Waals surface area contributed by atoms with E-state index in [-0.39, 0.29) is 11.6 Å². The number of rotatable bonds is 10. The van der Waals surface area contributed by atoms with E-state index in [1.54, 1.807) is 21.3 Å². The smallest absolute Gasteiger partial charge is 0.377 e. The van der Waals surface area contributed by atoms with Crippen molar-refractivity contribution >= 4 is 8.80 Å². The third kappa shape index (κ3) is 5.00. The van der Waals surface area contributed by atoms with Crippen LogP contribution in [0.3, 0.4) is 0 Å². The van der Waals surface area contributed by atoms with Crippen molar-refractivity contribution in [3.63, 3.8) is 0 Å². The Labute approximate surface area is 105 Å². The third-order valence-corrected chi connectivity index (χ3v) is 6.33. The van der Waals surface area contributed by atoms with E-state index in [4.69, 9.17) is 24.7 Å². The lowest BCUT2D eigenvalue weighted by atomic mass is 10.2. The Morgan fingerprint density at radius 3 is 2.00 bits per heavy atom. The zero-order chi connectivity index (χ0) is 13.3. The van der Waals surface area contributed by atoms with Gasteiger partial charge in [-0.3, -0.25) is 0 Å². The summed E-state index contributed by atoms with van der Waals surface area (Å²) >= 11 is 0. The van der Waals surface area contributed by atoms with Crippen molar-refractivity contribution < 1.29 is 13.3 Å². The van der Waals surface area contributed by atoms with Crippen LogP contribution in [0.2, 0.25) is 5.54 Å². The van der Waals surface area contributed by atoms with Crippen LogP contribution in [-0.4, -0.2) is 55.8 Å². The highest BCUT2D eigenvalue weighted by atomic mass is 28.4. The topological polar surface area (TPSA) is 91.8 Å². The van der Waals surface area contributed by atoms with E-state index >= 15 is 0 Å². The molecule has 2 unspecified atom stereocenters. The highest BCUT2D eigenvalue weighted by molar-refractivity contribution is 6.62. The largest absolute Gasteiger partial charge is 0.505 e. The monoisotopic (exact) mass is 265 g/mol. The molecule has 0 aliphatic carbocycles. The summed E-state index contributed by atoms with van der Waals surface area (Å²) < 4.78 is 16.4. The number of nitrogens with two attached hydrogens (primary N) is 2. The van der Waals surface area contributed by atoms with Crippen LogP contribution in [0.5, 0.6) is 0 Å². The van der Waals surface area contributed by atoms with E-state index in [0.717, 1.165) is 19.5 Å². The fourth-order valence-corrected chi connectivity index (χ4v) is 4.50. The lowest BCUT2D eigenvalue weighted by Crippen LogP contribution is -2.53. The van der Waals surface area contributed by atoms with Crippen LogP contribution in [0.25, 0.3) is 0 Å². The number of hydrogen-bond acceptors (Lipinski definition) is 6. The van der Waals surface area contributed by atoms with E-state index < -0.39 is 8.80 Å². The van der Waals surface area contributed by atoms with Crippen LogP contribution in [0, 0.1) is 0 Å². The molecule has 0 aliphatic rings. The van der Waals surface area contributed by atoms with Crippen LogP contribution < -0.4 is 16.8 Å². The predicted octanol–water partition coefficient (Wildman–Crippen LogP) is -0.480. The maximum Gasteiger partial charge on any atom is 0.505 e. The van der Waals surface area contributed by atoms with Gasteiger partial charge in [-0.25, -0.2) is 0 Å². The third-order valence-electron chi connectivity index (χ3n) is 2.90. The van der Waals surface area contributed by atoms with Gasteiger partial charge in [0.15, 0.2) is 0 Å². The minimum atomic E-state index is -2.67. The Hall–Kier alpha value is -0.0231. The van der Waals surface area contributed by atoms with Gasteiger partial charge in [-0.2, -0.15) is 0 Å². The SMILES string of the molecule is CO[Si](OC)(OC)C(CCNCCN)C(C)N. The molecule has 7 heteroatoms. The van der Waals surface area contributed by atoms with E-state index in [2.05, 4.69) is 5.32 Å². The van der Waals surface area contributed by atoms with Crippen molar-refractivity contribution in [3.8, 4) is 0 Å². The molecule has 17 heavy (non-hydrogen) atoms. The van der Waals surface area contributed by atoms with Gasteiger partial charge >= 0.3 is 8.80 Å². The van der Waals surface area contributed by atoms with Crippen LogP contribution >= 0.6 is 0 Å². The van der Waals surface area contributed by atoms with Crippen molar-refractivity contribution in [2.75, 3.05) is 41.0 Å². The van der Waals surface area contributed by atoms with Crippen molar-refractivity contribution in [2.24, 2.45) is 11.5 Å². The fourth-order valence-electron chi connectivity index (χ4n) is 1.95. The van der Waals surface area contributed by atoms with Crippen molar-refractivity contribution in [2.45, 2.75) is 24.9 Å². The van der Waals surface area contributed by atoms with Gasteiger partial charge < -0.3 is 30.1 Å². The second kappa shape index (κ2) is 8.98. The molecule has 0 aromatic heterocycles. The van der Waals surface area contributed by atoms with Gasteiger partial charge in [0.25, 0.3) is 0 Å². The molecule has 2 atom stereocenters. The molecule has 0 radical (unpaired) electrons. The Kier molecular flexibility index (Phi) is 8.97. The van der Waals surface area contributed by atoms with E-state index in [1.807, 2.05) is 6.92 Å². The maximum atomic E-state index is 6.01. The van der Waals surface area contributed by atoms with Crippen LogP contribution in [0.1, 0.15) is 13.3 Å². The van der Waals surface area contributed by atoms with Gasteiger partial charge in [-0.05, 0) is 19.9 Å². The molecule has 6 nitrogen and oxygen atoms in total. The molecule has 104 valence electrons. The highest BCUT2D eigenvalue weighted by Crippen LogP contribution is 2.29. The molecule has 0 heterocycles. The fraction of sp³-hybridized carbons (Fsp3) is 1.00. The Balaban J connectivity index is 4.47. The maximum absolute atomic E-state index is 6.01. The minimum absolute atomic E-state index is 0.0406. The Morgan fingerprint density at radius 2 is 1.65 bits per heavy atom. The zero-order valence-electron chi connectivity index (χ0n) is 11.4. The van der Waals surface area contributed by atoms with Crippen LogP contribution in [0.15, 0.2) is 0 Å². The first-order chi connectivity index (χ1) is 8.07. The van der Waals surface area contributed by atoms with Crippen molar-refractivity contribution in [1.82, 2.24) is 5.32 Å². The lowest BCUT2D eigenvalue weighted by Gasteiger charge is -2.34. The Bertz CT molecular complexity index is 183. The summed E-state index contributed by atoms with van der Waals surface area (Å²) in [5.74, 6) is 0. The van der Waals surface area contributed by atoms with Gasteiger partial charge in [0, 0.05) is 46.0 Å². The normalized spacial score (nSPS) is 15.9. The number of hydrogen-bond donors (Lipinski definition) is 3. The molecule has 0 fully saturated rings. The number of nitrogens with one attached hydrogen (secondary N) is 1. The average Bonchev–Trinajstić information content (AvgIpc) is 2.34. The second-order valence-electron chi connectivity index (χ2n) is 4.01. The molecule has 0 spiro atoms. The molecule has 0 aromatic rings. The standard InChI is InChI=1S/C10H27N3O3Si/c1-9(12)10(5-7-13-8-6-11)17(14-2,15-3)16-4/h9-10,13H,5-8,11-12H2,1-4H3. The first kappa shape index (κ1) is 17.0. The summed E-state index contributed by atoms with van der Waals surface area (Å²) in [6, 6.07) is -0.0406. The quantitative estimate of drug-likeness (QED) is 0.365. The van der Waals surface area contributed by atoms with Gasteiger partial charge in [-0.15, -0.1) is 0 Å². The lowest BCUT2D eigenvalue weighted by molar-refractivity contribution is 0.106. The van der Waals surface area contributed by atoms with Gasteiger partial charge in [0.05, 0.1) is 0 Å². The van der Waals surface area contributed by atoms with Crippen molar-refractivity contribution in [1.29, 1.82) is 0 Å². The van der Waals surface area contributed by atoms with Crippen LogP contribution in [-0.2, 0) is 13.3 Å². The van der Waals surface area contributed by atoms with E-state index in [1.165, 1.54) is 0 Å². The summed E-state index contributed by atoms with van der Waals surface area (Å²) in [6.07, 6.45) is 0.847. The van der Waals surface area contributed by atoms with Gasteiger partial charge in [-0.1, -0.05) is 0 Å². The van der Waals surface area contributed by atoms with Gasteiger partial charge in [0.1, 0.15) is 0 Å². The molecular weight excluding hydrogens is 238 g/mol. The van der Waals surface area contributed by atoms with Gasteiger partial charge in [0.2, 0.25) is 0 Å². The first-order valence-electron chi connectivity index (χ1n) is 5.89. The average molecular weight is 265 g/mol. The molecule has 0 aliphatic heterocycles. The zero-order valence-corrected chi connectivity index (χ0v) is 12.4. The summed E-state index contributed by atoms with van der Waals surface area (Å²) in [6.45, 7) is 4.21. The predicted molar refractivity (Wildman–Crippen MR) is 70.7 cm³/mol. The summed E-state index contributed by atoms with van der Waals surface area (Å²) in [5.41, 5.74) is 11.5. The van der Waals surface area contributed by atoms with E-state index in [9.17, 15) is 0 Å². The second-order valence-corrected chi connectivity index (χ2v) is 7.18. The summed E-state index contributed by atoms with van der Waals surface area (Å²) in [7, 11) is 2.17. The summed E-state index contributed by atoms with van der Waals surface area (Å²) in [4.78, 5) is 0. The molecule has 0 rings (SSSR count). The van der Waals surface area contributed by atoms with Crippen molar-refractivity contribution in [3.05, 3.63) is 0 Å². The first-order valence-corrected chi connectivity index (χ1v) is 7.70. The molecule has 0 bridgehead atoms. The van der Waals surface area contributed by atoms with E-state index in [0.29, 0.717) is 6.54 Å². The summed E-state index contributed by atoms with van der Waals surface area (Å²) in [5, 5.41) is 3.24. The molecule has 0 saturated carbocycles. The molecule has 0 amide bonds. The Morgan fingerprint density at radius 1 is 1.12 bits per heavy atom. The minimum Gasteiger partial charge on any atom is -0.377 e. The van der Waals surface area contributed by atoms with Crippen LogP contribution in [0.4, 0.5) is 0 Å². The molecule has 0 aromatic carbocycles. The molecular formula is C10H27N3O3Si.